The maximum absolute atomic E-state index is 12.7. The van der Waals surface area contributed by atoms with E-state index < -0.39 is 0 Å². The Balaban J connectivity index is 1.13. The summed E-state index contributed by atoms with van der Waals surface area (Å²) < 4.78 is 0. The highest BCUT2D eigenvalue weighted by atomic mass is 16.2. The van der Waals surface area contributed by atoms with Gasteiger partial charge >= 0.3 is 0 Å². The third-order valence-electron chi connectivity index (χ3n) is 7.14. The van der Waals surface area contributed by atoms with E-state index in [1.54, 1.807) is 6.20 Å². The van der Waals surface area contributed by atoms with Gasteiger partial charge in [0.05, 0.1) is 5.52 Å². The SMILES string of the molecule is Cc1cc(N2CCCCC2)nc2ccc(NC(=O)CCC(=O)N3CCN(c4ccccn4)CC3)cc12. The molecule has 8 heteroatoms. The van der Waals surface area contributed by atoms with Gasteiger partial charge in [0.1, 0.15) is 11.6 Å². The number of anilines is 3. The smallest absolute Gasteiger partial charge is 0.224 e. The van der Waals surface area contributed by atoms with Crippen molar-refractivity contribution in [1.29, 1.82) is 0 Å². The van der Waals surface area contributed by atoms with Gasteiger partial charge in [0.15, 0.2) is 0 Å². The predicted molar refractivity (Wildman–Crippen MR) is 143 cm³/mol. The Morgan fingerprint density at radius 3 is 2.39 bits per heavy atom. The van der Waals surface area contributed by atoms with E-state index in [0.717, 1.165) is 60.0 Å². The minimum atomic E-state index is -0.148. The molecule has 0 bridgehead atoms. The summed E-state index contributed by atoms with van der Waals surface area (Å²) in [5, 5.41) is 4.00. The molecule has 36 heavy (non-hydrogen) atoms. The third-order valence-corrected chi connectivity index (χ3v) is 7.14. The van der Waals surface area contributed by atoms with Crippen molar-refractivity contribution in [1.82, 2.24) is 14.9 Å². The Kier molecular flexibility index (Phi) is 7.30. The van der Waals surface area contributed by atoms with E-state index in [4.69, 9.17) is 4.98 Å². The minimum Gasteiger partial charge on any atom is -0.357 e. The lowest BCUT2D eigenvalue weighted by molar-refractivity contribution is -0.133. The molecule has 0 radical (unpaired) electrons. The quantitative estimate of drug-likeness (QED) is 0.567. The van der Waals surface area contributed by atoms with Crippen LogP contribution in [-0.2, 0) is 9.59 Å². The number of piperidine rings is 1. The number of amides is 2. The highest BCUT2D eigenvalue weighted by molar-refractivity contribution is 5.96. The molecule has 2 fully saturated rings. The molecule has 0 spiro atoms. The van der Waals surface area contributed by atoms with E-state index in [-0.39, 0.29) is 24.7 Å². The van der Waals surface area contributed by atoms with E-state index in [2.05, 4.69) is 33.1 Å². The van der Waals surface area contributed by atoms with Gasteiger partial charge in [-0.2, -0.15) is 0 Å². The van der Waals surface area contributed by atoms with Crippen LogP contribution < -0.4 is 15.1 Å². The number of nitrogens with one attached hydrogen (secondary N) is 1. The summed E-state index contributed by atoms with van der Waals surface area (Å²) in [5.74, 6) is 1.85. The summed E-state index contributed by atoms with van der Waals surface area (Å²) in [6.45, 7) is 7.00. The summed E-state index contributed by atoms with van der Waals surface area (Å²) in [7, 11) is 0. The van der Waals surface area contributed by atoms with Gasteiger partial charge in [-0.25, -0.2) is 9.97 Å². The van der Waals surface area contributed by atoms with Crippen molar-refractivity contribution in [2.45, 2.75) is 39.0 Å². The number of nitrogens with zero attached hydrogens (tertiary/aromatic N) is 5. The monoisotopic (exact) mass is 486 g/mol. The normalized spacial score (nSPS) is 16.3. The summed E-state index contributed by atoms with van der Waals surface area (Å²) in [6.07, 6.45) is 5.89. The number of carbonyl (C=O) groups is 2. The van der Waals surface area contributed by atoms with Gasteiger partial charge in [0, 0.05) is 69.4 Å². The summed E-state index contributed by atoms with van der Waals surface area (Å²) in [6, 6.07) is 13.8. The van der Waals surface area contributed by atoms with E-state index in [9.17, 15) is 9.59 Å². The maximum Gasteiger partial charge on any atom is 0.224 e. The second kappa shape index (κ2) is 10.9. The van der Waals surface area contributed by atoms with E-state index >= 15 is 0 Å². The van der Waals surface area contributed by atoms with Crippen LogP contribution in [0.25, 0.3) is 10.9 Å². The molecule has 0 unspecified atom stereocenters. The molecular formula is C28H34N6O2. The highest BCUT2D eigenvalue weighted by Gasteiger charge is 2.22. The number of carbonyl (C=O) groups excluding carboxylic acids is 2. The number of aryl methyl sites for hydroxylation is 1. The molecule has 2 aliphatic rings. The molecule has 4 heterocycles. The Labute approximate surface area is 212 Å². The zero-order chi connectivity index (χ0) is 24.9. The summed E-state index contributed by atoms with van der Waals surface area (Å²) in [4.78, 5) is 40.9. The highest BCUT2D eigenvalue weighted by Crippen LogP contribution is 2.27. The Morgan fingerprint density at radius 2 is 1.64 bits per heavy atom. The average Bonchev–Trinajstić information content (AvgIpc) is 2.93. The fourth-order valence-electron chi connectivity index (χ4n) is 5.07. The molecule has 188 valence electrons. The standard InChI is InChI=1S/C28H34N6O2/c1-21-19-26(32-13-5-2-6-14-32)31-24-9-8-22(20-23(21)24)30-27(35)10-11-28(36)34-17-15-33(16-18-34)25-7-3-4-12-29-25/h3-4,7-9,12,19-20H,2,5-6,10-11,13-18H2,1H3,(H,30,35). The molecular weight excluding hydrogens is 452 g/mol. The second-order valence-electron chi connectivity index (χ2n) is 9.68. The van der Waals surface area contributed by atoms with Crippen molar-refractivity contribution in [3.8, 4) is 0 Å². The first-order valence-corrected chi connectivity index (χ1v) is 13.0. The topological polar surface area (TPSA) is 81.7 Å². The number of rotatable bonds is 6. The number of benzene rings is 1. The first kappa shape index (κ1) is 24.0. The predicted octanol–water partition coefficient (Wildman–Crippen LogP) is 4.00. The molecule has 2 aromatic heterocycles. The molecule has 2 saturated heterocycles. The maximum atomic E-state index is 12.7. The van der Waals surface area contributed by atoms with Gasteiger partial charge in [0.2, 0.25) is 11.8 Å². The van der Waals surface area contributed by atoms with Crippen LogP contribution in [0.15, 0.2) is 48.7 Å². The van der Waals surface area contributed by atoms with Crippen LogP contribution >= 0.6 is 0 Å². The van der Waals surface area contributed by atoms with Crippen LogP contribution in [0, 0.1) is 6.92 Å². The van der Waals surface area contributed by atoms with Gasteiger partial charge in [-0.3, -0.25) is 9.59 Å². The fraction of sp³-hybridized carbons (Fsp3) is 0.429. The summed E-state index contributed by atoms with van der Waals surface area (Å²) in [5.41, 5.74) is 2.82. The molecule has 0 aliphatic carbocycles. The van der Waals surface area contributed by atoms with Gasteiger partial charge in [-0.05, 0) is 68.1 Å². The number of hydrogen-bond donors (Lipinski definition) is 1. The number of aromatic nitrogens is 2. The van der Waals surface area contributed by atoms with Crippen molar-refractivity contribution < 1.29 is 9.59 Å². The van der Waals surface area contributed by atoms with Crippen LogP contribution in [0.5, 0.6) is 0 Å². The first-order chi connectivity index (χ1) is 17.6. The molecule has 0 atom stereocenters. The molecule has 8 nitrogen and oxygen atoms in total. The molecule has 2 amide bonds. The number of piperazine rings is 1. The zero-order valence-electron chi connectivity index (χ0n) is 20.9. The van der Waals surface area contributed by atoms with Crippen LogP contribution in [-0.4, -0.2) is 66.0 Å². The number of pyridine rings is 2. The van der Waals surface area contributed by atoms with Gasteiger partial charge in [0.25, 0.3) is 0 Å². The van der Waals surface area contributed by atoms with E-state index in [0.29, 0.717) is 13.1 Å². The van der Waals surface area contributed by atoms with Crippen LogP contribution in [0.3, 0.4) is 0 Å². The lowest BCUT2D eigenvalue weighted by atomic mass is 10.1. The Hall–Kier alpha value is -3.68. The van der Waals surface area contributed by atoms with Gasteiger partial charge in [-0.15, -0.1) is 0 Å². The molecule has 0 saturated carbocycles. The molecule has 2 aliphatic heterocycles. The van der Waals surface area contributed by atoms with Gasteiger partial charge < -0.3 is 20.0 Å². The van der Waals surface area contributed by atoms with Crippen molar-refractivity contribution >= 4 is 40.0 Å². The lowest BCUT2D eigenvalue weighted by Crippen LogP contribution is -2.49. The zero-order valence-corrected chi connectivity index (χ0v) is 20.9. The summed E-state index contributed by atoms with van der Waals surface area (Å²) >= 11 is 0. The lowest BCUT2D eigenvalue weighted by Gasteiger charge is -2.35. The Morgan fingerprint density at radius 1 is 0.861 bits per heavy atom. The second-order valence-corrected chi connectivity index (χ2v) is 9.68. The van der Waals surface area contributed by atoms with Crippen LogP contribution in [0.4, 0.5) is 17.3 Å². The van der Waals surface area contributed by atoms with E-state index in [1.165, 1.54) is 19.3 Å². The molecule has 1 aromatic carbocycles. The number of hydrogen-bond acceptors (Lipinski definition) is 6. The third kappa shape index (κ3) is 5.58. The largest absolute Gasteiger partial charge is 0.357 e. The number of fused-ring (bicyclic) bond motifs is 1. The molecule has 5 rings (SSSR count). The minimum absolute atomic E-state index is 0.0228. The van der Waals surface area contributed by atoms with Crippen molar-refractivity contribution in [2.75, 3.05) is 54.4 Å². The fourth-order valence-corrected chi connectivity index (χ4v) is 5.07. The average molecular weight is 487 g/mol. The van der Waals surface area contributed by atoms with Crippen molar-refractivity contribution in [3.05, 3.63) is 54.2 Å². The van der Waals surface area contributed by atoms with Gasteiger partial charge in [-0.1, -0.05) is 6.07 Å². The van der Waals surface area contributed by atoms with Crippen LogP contribution in [0.2, 0.25) is 0 Å². The Bertz CT molecular complexity index is 1220. The molecule has 3 aromatic rings. The van der Waals surface area contributed by atoms with E-state index in [1.807, 2.05) is 41.3 Å². The molecule has 1 N–H and O–H groups in total. The van der Waals surface area contributed by atoms with Crippen molar-refractivity contribution in [2.24, 2.45) is 0 Å². The first-order valence-electron chi connectivity index (χ1n) is 13.0. The van der Waals surface area contributed by atoms with Crippen LogP contribution in [0.1, 0.15) is 37.7 Å². The van der Waals surface area contributed by atoms with Crippen molar-refractivity contribution in [3.63, 3.8) is 0 Å².